The van der Waals surface area contributed by atoms with E-state index in [1.54, 1.807) is 19.1 Å². The van der Waals surface area contributed by atoms with Gasteiger partial charge < -0.3 is 5.11 Å². The summed E-state index contributed by atoms with van der Waals surface area (Å²) in [5.74, 6) is 0. The molecule has 19 heavy (non-hydrogen) atoms. The number of nitrogens with one attached hydrogen (secondary N) is 1. The van der Waals surface area contributed by atoms with Crippen molar-refractivity contribution in [3.8, 4) is 0 Å². The molecular weight excluding hydrogens is 262 g/mol. The molecule has 104 valence electrons. The van der Waals surface area contributed by atoms with Gasteiger partial charge in [0.25, 0.3) is 0 Å². The molecule has 0 aliphatic carbocycles. The van der Waals surface area contributed by atoms with Crippen LogP contribution in [0, 0.1) is 6.92 Å². The Balaban J connectivity index is 3.00. The van der Waals surface area contributed by atoms with Crippen LogP contribution in [0.5, 0.6) is 0 Å². The fraction of sp³-hybridized carbons (Fsp3) is 0.286. The molecule has 1 atom stereocenters. The van der Waals surface area contributed by atoms with E-state index >= 15 is 0 Å². The lowest BCUT2D eigenvalue weighted by molar-refractivity contribution is 0.113. The molecule has 0 amide bonds. The first-order valence-electron chi connectivity index (χ1n) is 5.84. The fourth-order valence-corrected chi connectivity index (χ4v) is 2.83. The van der Waals surface area contributed by atoms with E-state index in [9.17, 15) is 13.5 Å². The first kappa shape index (κ1) is 15.6. The lowest BCUT2D eigenvalue weighted by Crippen LogP contribution is -2.48. The lowest BCUT2D eigenvalue weighted by Gasteiger charge is -2.28. The second-order valence-electron chi connectivity index (χ2n) is 4.45. The molecule has 2 N–H and O–H groups in total. The fourth-order valence-electron chi connectivity index (χ4n) is 1.55. The SMILES string of the molecule is C=CC(O)(C=C)[C@H](C)NS(=O)(=O)c1ccc(C)cc1. The average Bonchev–Trinajstić information content (AvgIpc) is 2.37. The van der Waals surface area contributed by atoms with Crippen molar-refractivity contribution < 1.29 is 13.5 Å². The minimum absolute atomic E-state index is 0.153. The minimum atomic E-state index is -3.69. The molecule has 4 nitrogen and oxygen atoms in total. The van der Waals surface area contributed by atoms with Gasteiger partial charge in [-0.25, -0.2) is 13.1 Å². The maximum atomic E-state index is 12.1. The number of benzene rings is 1. The standard InChI is InChI=1S/C14H19NO3S/c1-5-14(16,6-2)12(4)15-19(17,18)13-9-7-11(3)8-10-13/h5-10,12,15-16H,1-2H2,3-4H3/t12-/m0/s1. The molecule has 0 saturated heterocycles. The summed E-state index contributed by atoms with van der Waals surface area (Å²) in [6.07, 6.45) is 2.50. The van der Waals surface area contributed by atoms with Gasteiger partial charge in [-0.1, -0.05) is 43.0 Å². The van der Waals surface area contributed by atoms with Gasteiger partial charge in [0.05, 0.1) is 10.9 Å². The summed E-state index contributed by atoms with van der Waals surface area (Å²) < 4.78 is 26.7. The van der Waals surface area contributed by atoms with Gasteiger partial charge in [-0.2, -0.15) is 0 Å². The maximum Gasteiger partial charge on any atom is 0.240 e. The molecule has 0 saturated carbocycles. The Morgan fingerprint density at radius 2 is 1.74 bits per heavy atom. The van der Waals surface area contributed by atoms with Crippen molar-refractivity contribution in [1.82, 2.24) is 4.72 Å². The van der Waals surface area contributed by atoms with Crippen molar-refractivity contribution in [3.05, 3.63) is 55.1 Å². The molecule has 5 heteroatoms. The minimum Gasteiger partial charge on any atom is -0.380 e. The Labute approximate surface area is 114 Å². The van der Waals surface area contributed by atoms with Gasteiger partial charge in [0.15, 0.2) is 0 Å². The molecule has 0 fully saturated rings. The highest BCUT2D eigenvalue weighted by molar-refractivity contribution is 7.89. The summed E-state index contributed by atoms with van der Waals surface area (Å²) in [4.78, 5) is 0.153. The molecule has 0 radical (unpaired) electrons. The van der Waals surface area contributed by atoms with E-state index in [-0.39, 0.29) is 4.90 Å². The Kier molecular flexibility index (Phi) is 4.68. The van der Waals surface area contributed by atoms with Gasteiger partial charge in [-0.05, 0) is 26.0 Å². The van der Waals surface area contributed by atoms with Crippen LogP contribution >= 0.6 is 0 Å². The quantitative estimate of drug-likeness (QED) is 0.781. The van der Waals surface area contributed by atoms with Crippen LogP contribution in [0.4, 0.5) is 0 Å². The van der Waals surface area contributed by atoms with E-state index < -0.39 is 21.7 Å². The summed E-state index contributed by atoms with van der Waals surface area (Å²) in [7, 11) is -3.69. The van der Waals surface area contributed by atoms with Crippen molar-refractivity contribution in [1.29, 1.82) is 0 Å². The summed E-state index contributed by atoms with van der Waals surface area (Å²) in [6.45, 7) is 10.4. The molecule has 1 aromatic rings. The van der Waals surface area contributed by atoms with E-state index in [0.29, 0.717) is 0 Å². The zero-order valence-corrected chi connectivity index (χ0v) is 11.9. The Morgan fingerprint density at radius 1 is 1.26 bits per heavy atom. The van der Waals surface area contributed by atoms with Crippen LogP contribution in [-0.4, -0.2) is 25.2 Å². The average molecular weight is 281 g/mol. The van der Waals surface area contributed by atoms with E-state index in [2.05, 4.69) is 17.9 Å². The van der Waals surface area contributed by atoms with Crippen LogP contribution < -0.4 is 4.72 Å². The second kappa shape index (κ2) is 5.69. The summed E-state index contributed by atoms with van der Waals surface area (Å²) in [5.41, 5.74) is -0.515. The van der Waals surface area contributed by atoms with Gasteiger partial charge in [-0.3, -0.25) is 0 Å². The zero-order chi connectivity index (χ0) is 14.7. The highest BCUT2D eigenvalue weighted by atomic mass is 32.2. The predicted octanol–water partition coefficient (Wildman–Crippen LogP) is 1.76. The number of aliphatic hydroxyl groups is 1. The van der Waals surface area contributed by atoms with Gasteiger partial charge >= 0.3 is 0 Å². The first-order chi connectivity index (χ1) is 8.75. The van der Waals surface area contributed by atoms with E-state index in [0.717, 1.165) is 5.56 Å². The highest BCUT2D eigenvalue weighted by Gasteiger charge is 2.30. The Morgan fingerprint density at radius 3 is 2.16 bits per heavy atom. The van der Waals surface area contributed by atoms with Crippen molar-refractivity contribution in [2.24, 2.45) is 0 Å². The molecule has 0 spiro atoms. The maximum absolute atomic E-state index is 12.1. The smallest absolute Gasteiger partial charge is 0.240 e. The predicted molar refractivity (Wildman–Crippen MR) is 76.3 cm³/mol. The van der Waals surface area contributed by atoms with Gasteiger partial charge in [-0.15, -0.1) is 0 Å². The van der Waals surface area contributed by atoms with Crippen LogP contribution in [-0.2, 0) is 10.0 Å². The molecule has 0 heterocycles. The van der Waals surface area contributed by atoms with Crippen molar-refractivity contribution in [2.45, 2.75) is 30.4 Å². The van der Waals surface area contributed by atoms with Crippen molar-refractivity contribution >= 4 is 10.0 Å². The summed E-state index contributed by atoms with van der Waals surface area (Å²) >= 11 is 0. The number of rotatable bonds is 6. The molecular formula is C14H19NO3S. The van der Waals surface area contributed by atoms with Gasteiger partial charge in [0, 0.05) is 0 Å². The summed E-state index contributed by atoms with van der Waals surface area (Å²) in [5, 5.41) is 10.1. The highest BCUT2D eigenvalue weighted by Crippen LogP contribution is 2.17. The van der Waals surface area contributed by atoms with Crippen molar-refractivity contribution in [3.63, 3.8) is 0 Å². The monoisotopic (exact) mass is 281 g/mol. The molecule has 0 bridgehead atoms. The zero-order valence-electron chi connectivity index (χ0n) is 11.1. The molecule has 0 aromatic heterocycles. The lowest BCUT2D eigenvalue weighted by atomic mass is 9.97. The molecule has 0 aliphatic heterocycles. The third-order valence-electron chi connectivity index (χ3n) is 3.01. The third-order valence-corrected chi connectivity index (χ3v) is 4.57. The second-order valence-corrected chi connectivity index (χ2v) is 6.17. The molecule has 0 unspecified atom stereocenters. The number of sulfonamides is 1. The molecule has 1 aromatic carbocycles. The molecule has 1 rings (SSSR count). The number of hydrogen-bond acceptors (Lipinski definition) is 3. The largest absolute Gasteiger partial charge is 0.380 e. The third kappa shape index (κ3) is 3.53. The Hall–Kier alpha value is -1.43. The topological polar surface area (TPSA) is 66.4 Å². The van der Waals surface area contributed by atoms with Gasteiger partial charge in [0.2, 0.25) is 10.0 Å². The number of aryl methyl sites for hydroxylation is 1. The first-order valence-corrected chi connectivity index (χ1v) is 7.32. The van der Waals surface area contributed by atoms with Gasteiger partial charge in [0.1, 0.15) is 5.60 Å². The van der Waals surface area contributed by atoms with Crippen LogP contribution in [0.1, 0.15) is 12.5 Å². The van der Waals surface area contributed by atoms with Crippen LogP contribution in [0.25, 0.3) is 0 Å². The van der Waals surface area contributed by atoms with Crippen LogP contribution in [0.15, 0.2) is 54.5 Å². The van der Waals surface area contributed by atoms with E-state index in [1.165, 1.54) is 24.3 Å². The normalized spacial score (nSPS) is 13.8. The number of hydrogen-bond donors (Lipinski definition) is 2. The van der Waals surface area contributed by atoms with Crippen molar-refractivity contribution in [2.75, 3.05) is 0 Å². The molecule has 0 aliphatic rings. The van der Waals surface area contributed by atoms with Crippen LogP contribution in [0.2, 0.25) is 0 Å². The van der Waals surface area contributed by atoms with E-state index in [1.807, 2.05) is 6.92 Å². The Bertz CT molecular complexity index is 553. The van der Waals surface area contributed by atoms with E-state index in [4.69, 9.17) is 0 Å². The van der Waals surface area contributed by atoms with Crippen LogP contribution in [0.3, 0.4) is 0 Å². The summed E-state index contributed by atoms with van der Waals surface area (Å²) in [6, 6.07) is 5.70.